The summed E-state index contributed by atoms with van der Waals surface area (Å²) < 4.78 is 47.3. The largest absolute Gasteiger partial charge is 0.487 e. The van der Waals surface area contributed by atoms with Gasteiger partial charge in [-0.3, -0.25) is 5.32 Å². The van der Waals surface area contributed by atoms with E-state index in [0.29, 0.717) is 50.6 Å². The molecule has 2 aromatic carbocycles. The van der Waals surface area contributed by atoms with Gasteiger partial charge in [-0.25, -0.2) is 22.8 Å². The van der Waals surface area contributed by atoms with Crippen LogP contribution in [-0.4, -0.2) is 32.5 Å². The lowest BCUT2D eigenvalue weighted by molar-refractivity contribution is -0.0314. The van der Waals surface area contributed by atoms with Gasteiger partial charge in [0.1, 0.15) is 17.9 Å². The Kier molecular flexibility index (Phi) is 7.82. The van der Waals surface area contributed by atoms with E-state index in [0.717, 1.165) is 11.8 Å². The lowest BCUT2D eigenvalue weighted by Gasteiger charge is -2.25. The van der Waals surface area contributed by atoms with E-state index in [9.17, 15) is 18.3 Å². The fourth-order valence-electron chi connectivity index (χ4n) is 4.19. The second-order valence-corrected chi connectivity index (χ2v) is 8.96. The second-order valence-electron chi connectivity index (χ2n) is 8.55. The number of hydrogen-bond donors (Lipinski definition) is 2. The van der Waals surface area contributed by atoms with Gasteiger partial charge in [0.15, 0.2) is 12.0 Å². The zero-order valence-electron chi connectivity index (χ0n) is 20.0. The van der Waals surface area contributed by atoms with Gasteiger partial charge in [0.2, 0.25) is 0 Å². The molecule has 0 bridgehead atoms. The predicted molar refractivity (Wildman–Crippen MR) is 132 cm³/mol. The third-order valence-electron chi connectivity index (χ3n) is 5.85. The van der Waals surface area contributed by atoms with Crippen molar-refractivity contribution in [1.82, 2.24) is 20.1 Å². The van der Waals surface area contributed by atoms with Crippen molar-refractivity contribution >= 4 is 22.5 Å². The molecule has 0 spiro atoms. The van der Waals surface area contributed by atoms with Crippen molar-refractivity contribution in [2.75, 3.05) is 0 Å². The van der Waals surface area contributed by atoms with Gasteiger partial charge >= 0.3 is 0 Å². The molecule has 2 aromatic heterocycles. The summed E-state index contributed by atoms with van der Waals surface area (Å²) in [7, 11) is 0. The minimum absolute atomic E-state index is 0.0396. The molecule has 0 aliphatic rings. The number of aromatic nitrogens is 3. The molecule has 0 saturated carbocycles. The average molecular weight is 519 g/mol. The molecular weight excluding hydrogens is 493 g/mol. The lowest BCUT2D eigenvalue weighted by atomic mass is 9.96. The summed E-state index contributed by atoms with van der Waals surface area (Å²) in [5, 5.41) is 17.5. The Morgan fingerprint density at radius 3 is 2.64 bits per heavy atom. The Balaban J connectivity index is 1.71. The van der Waals surface area contributed by atoms with Crippen LogP contribution in [0.5, 0.6) is 5.75 Å². The quantitative estimate of drug-likeness (QED) is 0.265. The Morgan fingerprint density at radius 1 is 1.19 bits per heavy atom. The molecule has 0 fully saturated rings. The molecule has 6 nitrogen and oxygen atoms in total. The van der Waals surface area contributed by atoms with Crippen molar-refractivity contribution < 1.29 is 23.0 Å². The molecule has 2 atom stereocenters. The molecule has 0 aliphatic heterocycles. The van der Waals surface area contributed by atoms with Crippen LogP contribution in [0.25, 0.3) is 16.6 Å². The number of nitrogens with zero attached hydrogens (tertiary/aromatic N) is 3. The summed E-state index contributed by atoms with van der Waals surface area (Å²) in [6, 6.07) is 10.3. The molecule has 1 unspecified atom stereocenters. The summed E-state index contributed by atoms with van der Waals surface area (Å²) in [5.41, 5.74) is 4.03. The normalized spacial score (nSPS) is 13.4. The van der Waals surface area contributed by atoms with Crippen LogP contribution >= 0.6 is 11.6 Å². The van der Waals surface area contributed by atoms with Crippen LogP contribution in [-0.2, 0) is 6.61 Å². The molecule has 2 N–H and O–H groups in total. The van der Waals surface area contributed by atoms with Crippen molar-refractivity contribution in [3.05, 3.63) is 82.0 Å². The highest BCUT2D eigenvalue weighted by molar-refractivity contribution is 6.31. The predicted octanol–water partition coefficient (Wildman–Crippen LogP) is 6.03. The number of aliphatic hydroxyl groups excluding tert-OH is 1. The SMILES string of the molecule is CC[C@H](NC(O)C(F)F)c1cc(C)cc(Cl)c1COc1cccc2c(-n3cc(F)cn3)cc(C)nc12. The van der Waals surface area contributed by atoms with Crippen molar-refractivity contribution in [2.24, 2.45) is 0 Å². The van der Waals surface area contributed by atoms with Gasteiger partial charge in [-0.05, 0) is 49.6 Å². The van der Waals surface area contributed by atoms with Crippen LogP contribution in [0.15, 0.2) is 48.8 Å². The minimum atomic E-state index is -2.93. The number of fused-ring (bicyclic) bond motifs is 1. The summed E-state index contributed by atoms with van der Waals surface area (Å²) >= 11 is 6.57. The van der Waals surface area contributed by atoms with E-state index < -0.39 is 24.5 Å². The van der Waals surface area contributed by atoms with E-state index in [1.807, 2.05) is 32.9 Å². The van der Waals surface area contributed by atoms with E-state index in [1.165, 1.54) is 10.9 Å². The Morgan fingerprint density at radius 2 is 1.97 bits per heavy atom. The number of halogens is 4. The van der Waals surface area contributed by atoms with Crippen LogP contribution in [0.2, 0.25) is 5.02 Å². The van der Waals surface area contributed by atoms with E-state index in [2.05, 4.69) is 15.4 Å². The first-order chi connectivity index (χ1) is 17.2. The number of ether oxygens (including phenoxy) is 1. The summed E-state index contributed by atoms with van der Waals surface area (Å²) in [6.07, 6.45) is -2.05. The third kappa shape index (κ3) is 5.48. The molecule has 0 radical (unpaired) electrons. The Bertz CT molecular complexity index is 1380. The van der Waals surface area contributed by atoms with Gasteiger partial charge in [0.25, 0.3) is 6.43 Å². The van der Waals surface area contributed by atoms with Crippen molar-refractivity contribution in [3.8, 4) is 11.4 Å². The third-order valence-corrected chi connectivity index (χ3v) is 6.18. The van der Waals surface area contributed by atoms with Gasteiger partial charge in [0, 0.05) is 27.7 Å². The maximum Gasteiger partial charge on any atom is 0.277 e. The highest BCUT2D eigenvalue weighted by Gasteiger charge is 2.24. The first-order valence-corrected chi connectivity index (χ1v) is 11.8. The van der Waals surface area contributed by atoms with E-state index in [-0.39, 0.29) is 6.61 Å². The minimum Gasteiger partial charge on any atom is -0.487 e. The number of pyridine rings is 1. The van der Waals surface area contributed by atoms with Crippen LogP contribution < -0.4 is 10.1 Å². The highest BCUT2D eigenvalue weighted by Crippen LogP contribution is 2.33. The number of benzene rings is 2. The monoisotopic (exact) mass is 518 g/mol. The Hall–Kier alpha value is -3.14. The van der Waals surface area contributed by atoms with Crippen LogP contribution in [0.4, 0.5) is 13.2 Å². The summed E-state index contributed by atoms with van der Waals surface area (Å²) in [6.45, 7) is 5.54. The summed E-state index contributed by atoms with van der Waals surface area (Å²) in [5.74, 6) is 0.0175. The summed E-state index contributed by atoms with van der Waals surface area (Å²) in [4.78, 5) is 4.63. The fourth-order valence-corrected chi connectivity index (χ4v) is 4.52. The Labute approximate surface area is 211 Å². The zero-order valence-corrected chi connectivity index (χ0v) is 20.7. The first-order valence-electron chi connectivity index (χ1n) is 11.4. The average Bonchev–Trinajstić information content (AvgIpc) is 3.27. The maximum absolute atomic E-state index is 13.6. The van der Waals surface area contributed by atoms with E-state index >= 15 is 0 Å². The van der Waals surface area contributed by atoms with E-state index in [1.54, 1.807) is 24.3 Å². The van der Waals surface area contributed by atoms with Gasteiger partial charge in [-0.15, -0.1) is 0 Å². The maximum atomic E-state index is 13.6. The fraction of sp³-hybridized carbons (Fsp3) is 0.308. The number of aliphatic hydroxyl groups is 1. The number of nitrogens with one attached hydrogen (secondary N) is 1. The van der Waals surface area contributed by atoms with E-state index in [4.69, 9.17) is 16.3 Å². The zero-order chi connectivity index (χ0) is 26.0. The topological polar surface area (TPSA) is 72.2 Å². The molecule has 0 saturated heterocycles. The van der Waals surface area contributed by atoms with Crippen LogP contribution in [0.3, 0.4) is 0 Å². The van der Waals surface area contributed by atoms with Gasteiger partial charge in [-0.2, -0.15) is 5.10 Å². The molecule has 2 heterocycles. The van der Waals surface area contributed by atoms with Crippen molar-refractivity contribution in [3.63, 3.8) is 0 Å². The number of alkyl halides is 2. The highest BCUT2D eigenvalue weighted by atomic mass is 35.5. The second kappa shape index (κ2) is 10.9. The van der Waals surface area contributed by atoms with Crippen LogP contribution in [0.1, 0.15) is 41.8 Å². The molecule has 4 aromatic rings. The number of rotatable bonds is 9. The molecule has 4 rings (SSSR count). The van der Waals surface area contributed by atoms with Crippen molar-refractivity contribution in [1.29, 1.82) is 0 Å². The molecule has 0 amide bonds. The lowest BCUT2D eigenvalue weighted by Crippen LogP contribution is -2.38. The van der Waals surface area contributed by atoms with Gasteiger partial charge in [0.05, 0.1) is 18.1 Å². The standard InChI is InChI=1S/C26H26ClF3N4O2/c1-4-21(33-26(35)25(29)30)18-8-14(2)9-20(27)19(18)13-36-23-7-5-6-17-22(10-15(3)32-24(17)23)34-12-16(28)11-31-34/h5-12,21,25-26,33,35H,4,13H2,1-3H3/t21-,26?/m0/s1. The first kappa shape index (κ1) is 25.9. The number of para-hydroxylation sites is 1. The smallest absolute Gasteiger partial charge is 0.277 e. The molecule has 190 valence electrons. The molecule has 10 heteroatoms. The number of hydrogen-bond acceptors (Lipinski definition) is 5. The number of aryl methyl sites for hydroxylation is 2. The molecule has 36 heavy (non-hydrogen) atoms. The van der Waals surface area contributed by atoms with Crippen LogP contribution in [0, 0.1) is 19.7 Å². The van der Waals surface area contributed by atoms with Gasteiger partial charge in [-0.1, -0.05) is 36.7 Å². The van der Waals surface area contributed by atoms with Gasteiger partial charge < -0.3 is 9.84 Å². The molecule has 0 aliphatic carbocycles. The van der Waals surface area contributed by atoms with Crippen molar-refractivity contribution in [2.45, 2.75) is 52.5 Å². The molecular formula is C26H26ClF3N4O2.